The molecule has 0 spiro atoms. The lowest BCUT2D eigenvalue weighted by molar-refractivity contribution is 0.354. The van der Waals surface area contributed by atoms with Gasteiger partial charge < -0.3 is 4.74 Å². The minimum Gasteiger partial charge on any atom is -0.455 e. The van der Waals surface area contributed by atoms with Gasteiger partial charge in [-0.2, -0.15) is 5.10 Å². The number of nitrogens with one attached hydrogen (secondary N) is 1. The van der Waals surface area contributed by atoms with Crippen LogP contribution in [-0.4, -0.2) is 28.4 Å². The molecule has 0 radical (unpaired) electrons. The molecule has 0 saturated heterocycles. The molecular weight excluding hydrogens is 536 g/mol. The summed E-state index contributed by atoms with van der Waals surface area (Å²) in [6, 6.07) is 6.86. The molecule has 0 bridgehead atoms. The Balaban J connectivity index is 1.72. The van der Waals surface area contributed by atoms with Crippen LogP contribution in [0.15, 0.2) is 46.9 Å². The van der Waals surface area contributed by atoms with Gasteiger partial charge in [0.25, 0.3) is 10.0 Å². The largest absolute Gasteiger partial charge is 0.455 e. The van der Waals surface area contributed by atoms with E-state index in [2.05, 4.69) is 20.0 Å². The summed E-state index contributed by atoms with van der Waals surface area (Å²) < 4.78 is 50.1. The van der Waals surface area contributed by atoms with Crippen LogP contribution in [-0.2, 0) is 15.6 Å². The molecule has 0 aliphatic heterocycles. The van der Waals surface area contributed by atoms with Crippen molar-refractivity contribution in [2.75, 3.05) is 4.72 Å². The summed E-state index contributed by atoms with van der Waals surface area (Å²) >= 11 is 13.5. The van der Waals surface area contributed by atoms with E-state index >= 15 is 0 Å². The molecule has 0 fully saturated rings. The summed E-state index contributed by atoms with van der Waals surface area (Å²) in [5, 5.41) is 12.1. The Morgan fingerprint density at radius 3 is 2.49 bits per heavy atom. The van der Waals surface area contributed by atoms with Crippen LogP contribution in [0.5, 0.6) is 11.5 Å². The van der Waals surface area contributed by atoms with E-state index in [0.717, 1.165) is 34.7 Å². The number of halogens is 3. The maximum atomic E-state index is 14.9. The second-order valence-electron chi connectivity index (χ2n) is 8.55. The van der Waals surface area contributed by atoms with E-state index in [9.17, 15) is 12.8 Å². The van der Waals surface area contributed by atoms with Crippen molar-refractivity contribution in [2.24, 2.45) is 0 Å². The van der Waals surface area contributed by atoms with Crippen LogP contribution in [0.3, 0.4) is 0 Å². The van der Waals surface area contributed by atoms with Crippen molar-refractivity contribution in [1.82, 2.24) is 20.0 Å². The number of aromatic nitrogens is 4. The van der Waals surface area contributed by atoms with Crippen LogP contribution in [0.1, 0.15) is 26.5 Å². The SMILES string of the molecule is Cc1nn(C(C)(C)C)cc1-c1cc(Cl)ccc1Oc1cc(F)c(S(=O)(=O)Nc2nncs2)cc1Cl. The van der Waals surface area contributed by atoms with Crippen LogP contribution < -0.4 is 9.46 Å². The Hall–Kier alpha value is -2.73. The molecule has 13 heteroatoms. The van der Waals surface area contributed by atoms with Gasteiger partial charge in [-0.15, -0.1) is 10.2 Å². The summed E-state index contributed by atoms with van der Waals surface area (Å²) in [6.45, 7) is 7.93. The third-order valence-corrected chi connectivity index (χ3v) is 7.52. The van der Waals surface area contributed by atoms with Crippen molar-refractivity contribution in [3.8, 4) is 22.6 Å². The van der Waals surface area contributed by atoms with E-state index < -0.39 is 20.7 Å². The average Bonchev–Trinajstić information content (AvgIpc) is 3.40. The molecule has 0 aliphatic rings. The van der Waals surface area contributed by atoms with Gasteiger partial charge in [0.15, 0.2) is 0 Å². The summed E-state index contributed by atoms with van der Waals surface area (Å²) in [6.07, 6.45) is 1.88. The molecule has 4 aromatic rings. The summed E-state index contributed by atoms with van der Waals surface area (Å²) in [5.74, 6) is -0.771. The van der Waals surface area contributed by atoms with Crippen molar-refractivity contribution < 1.29 is 17.5 Å². The van der Waals surface area contributed by atoms with E-state index in [1.54, 1.807) is 18.2 Å². The first kappa shape index (κ1) is 25.4. The minimum absolute atomic E-state index is 0.00201. The average molecular weight is 556 g/mol. The predicted molar refractivity (Wildman–Crippen MR) is 135 cm³/mol. The topological polar surface area (TPSA) is 99.0 Å². The third-order valence-electron chi connectivity index (χ3n) is 4.90. The smallest absolute Gasteiger partial charge is 0.266 e. The fourth-order valence-electron chi connectivity index (χ4n) is 3.17. The molecule has 0 aliphatic carbocycles. The van der Waals surface area contributed by atoms with Gasteiger partial charge in [-0.1, -0.05) is 34.5 Å². The lowest BCUT2D eigenvalue weighted by Gasteiger charge is -2.19. The molecule has 0 atom stereocenters. The van der Waals surface area contributed by atoms with Crippen molar-refractivity contribution in [3.05, 3.63) is 63.6 Å². The van der Waals surface area contributed by atoms with Crippen LogP contribution in [0.2, 0.25) is 10.0 Å². The molecule has 8 nitrogen and oxygen atoms in total. The number of aryl methyl sites for hydroxylation is 1. The molecule has 0 amide bonds. The zero-order chi connectivity index (χ0) is 25.5. The van der Waals surface area contributed by atoms with E-state index in [4.69, 9.17) is 27.9 Å². The monoisotopic (exact) mass is 555 g/mol. The van der Waals surface area contributed by atoms with Crippen LogP contribution >= 0.6 is 34.5 Å². The first-order chi connectivity index (χ1) is 16.3. The molecule has 0 unspecified atom stereocenters. The number of hydrogen-bond acceptors (Lipinski definition) is 7. The molecule has 2 heterocycles. The Morgan fingerprint density at radius 1 is 1.11 bits per heavy atom. The Labute approximate surface area is 215 Å². The molecule has 4 rings (SSSR count). The number of rotatable bonds is 6. The van der Waals surface area contributed by atoms with Gasteiger partial charge in [0.1, 0.15) is 27.7 Å². The molecular formula is C22H20Cl2FN5O3S2. The van der Waals surface area contributed by atoms with Crippen LogP contribution in [0, 0.1) is 12.7 Å². The Kier molecular flexibility index (Phi) is 6.80. The Morgan fingerprint density at radius 2 is 1.86 bits per heavy atom. The predicted octanol–water partition coefficient (Wildman–Crippen LogP) is 6.50. The molecule has 0 saturated carbocycles. The van der Waals surface area contributed by atoms with Crippen molar-refractivity contribution >= 4 is 49.7 Å². The second-order valence-corrected chi connectivity index (χ2v) is 11.9. The highest BCUT2D eigenvalue weighted by Gasteiger charge is 2.24. The van der Waals surface area contributed by atoms with Gasteiger partial charge in [0.2, 0.25) is 5.13 Å². The van der Waals surface area contributed by atoms with E-state index in [1.165, 1.54) is 5.51 Å². The van der Waals surface area contributed by atoms with Gasteiger partial charge in [0.05, 0.1) is 16.3 Å². The molecule has 35 heavy (non-hydrogen) atoms. The van der Waals surface area contributed by atoms with Gasteiger partial charge in [-0.3, -0.25) is 9.40 Å². The van der Waals surface area contributed by atoms with Gasteiger partial charge in [0, 0.05) is 28.4 Å². The van der Waals surface area contributed by atoms with Gasteiger partial charge >= 0.3 is 0 Å². The lowest BCUT2D eigenvalue weighted by atomic mass is 10.1. The number of benzene rings is 2. The standard InChI is InChI=1S/C22H20Cl2FN5O3S2/c1-12-15(10-30(28-12)22(2,3)4)14-7-13(23)5-6-18(14)33-19-9-17(25)20(8-16(19)24)35(31,32)29-21-27-26-11-34-21/h5-11H,1-4H3,(H,27,29). The maximum Gasteiger partial charge on any atom is 0.266 e. The van der Waals surface area contributed by atoms with Crippen LogP contribution in [0.4, 0.5) is 9.52 Å². The van der Waals surface area contributed by atoms with E-state index in [1.807, 2.05) is 38.6 Å². The highest BCUT2D eigenvalue weighted by molar-refractivity contribution is 7.93. The molecule has 184 valence electrons. The van der Waals surface area contributed by atoms with Crippen molar-refractivity contribution in [3.63, 3.8) is 0 Å². The minimum atomic E-state index is -4.29. The fraction of sp³-hybridized carbons (Fsp3) is 0.227. The van der Waals surface area contributed by atoms with E-state index in [0.29, 0.717) is 16.3 Å². The number of hydrogen-bond donors (Lipinski definition) is 1. The van der Waals surface area contributed by atoms with Gasteiger partial charge in [-0.05, 0) is 52.0 Å². The number of sulfonamides is 1. The number of anilines is 1. The van der Waals surface area contributed by atoms with Crippen molar-refractivity contribution in [2.45, 2.75) is 38.1 Å². The summed E-state index contributed by atoms with van der Waals surface area (Å²) in [7, 11) is -4.29. The fourth-order valence-corrected chi connectivity index (χ4v) is 5.39. The molecule has 1 N–H and O–H groups in total. The van der Waals surface area contributed by atoms with E-state index in [-0.39, 0.29) is 21.4 Å². The molecule has 2 aromatic carbocycles. The quantitative estimate of drug-likeness (QED) is 0.291. The zero-order valence-corrected chi connectivity index (χ0v) is 22.2. The normalized spacial score (nSPS) is 12.1. The first-order valence-corrected chi connectivity index (χ1v) is 13.3. The highest BCUT2D eigenvalue weighted by Crippen LogP contribution is 2.40. The lowest BCUT2D eigenvalue weighted by Crippen LogP contribution is -2.22. The summed E-state index contributed by atoms with van der Waals surface area (Å²) in [4.78, 5) is -0.649. The zero-order valence-electron chi connectivity index (χ0n) is 19.0. The van der Waals surface area contributed by atoms with Gasteiger partial charge in [-0.25, -0.2) is 12.8 Å². The number of nitrogens with zero attached hydrogens (tertiary/aromatic N) is 4. The Bertz CT molecular complexity index is 1500. The maximum absolute atomic E-state index is 14.9. The summed E-state index contributed by atoms with van der Waals surface area (Å²) in [5.41, 5.74) is 3.23. The third kappa shape index (κ3) is 5.43. The first-order valence-electron chi connectivity index (χ1n) is 10.2. The highest BCUT2D eigenvalue weighted by atomic mass is 35.5. The molecule has 2 aromatic heterocycles. The van der Waals surface area contributed by atoms with Crippen LogP contribution in [0.25, 0.3) is 11.1 Å². The number of ether oxygens (including phenoxy) is 1. The van der Waals surface area contributed by atoms with Crippen molar-refractivity contribution in [1.29, 1.82) is 0 Å². The second kappa shape index (κ2) is 9.38.